The van der Waals surface area contributed by atoms with E-state index in [2.05, 4.69) is 14.3 Å². The van der Waals surface area contributed by atoms with Crippen molar-refractivity contribution in [3.05, 3.63) is 35.9 Å². The van der Waals surface area contributed by atoms with Gasteiger partial charge in [0, 0.05) is 13.1 Å². The molecule has 0 amide bonds. The maximum absolute atomic E-state index is 12.5. The number of ether oxygens (including phenoxy) is 1. The normalized spacial score (nSPS) is 17.0. The summed E-state index contributed by atoms with van der Waals surface area (Å²) in [7, 11) is -2.26. The van der Waals surface area contributed by atoms with Crippen molar-refractivity contribution in [3.63, 3.8) is 0 Å². The molecule has 0 radical (unpaired) electrons. The summed E-state index contributed by atoms with van der Waals surface area (Å²) >= 11 is 0.623. The Kier molecular flexibility index (Phi) is 8.07. The lowest BCUT2D eigenvalue weighted by Gasteiger charge is -2.32. The molecule has 1 aromatic carbocycles. The van der Waals surface area contributed by atoms with Crippen LogP contribution in [-0.4, -0.2) is 44.0 Å². The quantitative estimate of drug-likeness (QED) is 0.198. The molecule has 0 unspecified atom stereocenters. The summed E-state index contributed by atoms with van der Waals surface area (Å²) in [5.74, 6) is -0.618. The Morgan fingerprint density at radius 2 is 1.85 bits per heavy atom. The molecule has 10 heteroatoms. The van der Waals surface area contributed by atoms with Gasteiger partial charge in [0.15, 0.2) is 0 Å². The molecule has 1 aliphatic rings. The van der Waals surface area contributed by atoms with Gasteiger partial charge >= 0.3 is 5.97 Å². The third-order valence-electron chi connectivity index (χ3n) is 4.35. The molecule has 0 bridgehead atoms. The molecule has 1 aliphatic heterocycles. The number of nitrogens with zero attached hydrogens (tertiary/aromatic N) is 1. The number of hydrogen-bond acceptors (Lipinski definition) is 8. The molecule has 152 valence electrons. The van der Waals surface area contributed by atoms with Gasteiger partial charge in [-0.25, -0.2) is 17.6 Å². The lowest BCUT2D eigenvalue weighted by atomic mass is 9.95. The molecule has 8 nitrogen and oxygen atoms in total. The molecule has 1 aromatic rings. The van der Waals surface area contributed by atoms with E-state index in [0.717, 1.165) is 5.56 Å². The minimum Gasteiger partial charge on any atom is -0.455 e. The molecule has 27 heavy (non-hydrogen) atoms. The van der Waals surface area contributed by atoms with Crippen LogP contribution >= 0.6 is 12.0 Å². The second-order valence-corrected chi connectivity index (χ2v) is 9.62. The van der Waals surface area contributed by atoms with E-state index in [0.29, 0.717) is 24.9 Å². The molecule has 0 aromatic heterocycles. The first-order valence-electron chi connectivity index (χ1n) is 8.51. The van der Waals surface area contributed by atoms with Crippen LogP contribution in [0.5, 0.6) is 0 Å². The first-order chi connectivity index (χ1) is 12.8. The second-order valence-electron chi connectivity index (χ2n) is 6.62. The van der Waals surface area contributed by atoms with Gasteiger partial charge in [0.2, 0.25) is 10.0 Å². The Bertz CT molecular complexity index is 701. The lowest BCUT2D eigenvalue weighted by Crippen LogP contribution is -2.42. The summed E-state index contributed by atoms with van der Waals surface area (Å²) in [4.78, 5) is 16.8. The van der Waals surface area contributed by atoms with Crippen molar-refractivity contribution in [2.75, 3.05) is 25.3 Å². The number of hydrogen-bond donors (Lipinski definition) is 0. The zero-order chi connectivity index (χ0) is 19.9. The van der Waals surface area contributed by atoms with Crippen molar-refractivity contribution in [2.45, 2.75) is 32.3 Å². The highest BCUT2D eigenvalue weighted by Crippen LogP contribution is 2.29. The summed E-state index contributed by atoms with van der Waals surface area (Å²) in [6.07, 6.45) is 0.839. The zero-order valence-electron chi connectivity index (χ0n) is 15.6. The number of benzene rings is 1. The number of rotatable bonds is 9. The zero-order valence-corrected chi connectivity index (χ0v) is 17.3. The fourth-order valence-electron chi connectivity index (χ4n) is 2.81. The molecule has 0 N–H and O–H groups in total. The van der Waals surface area contributed by atoms with Crippen LogP contribution in [0.1, 0.15) is 32.3 Å². The number of esters is 1. The molecular formula is C17H25NO7S2. The van der Waals surface area contributed by atoms with Gasteiger partial charge < -0.3 is 4.74 Å². The van der Waals surface area contributed by atoms with Crippen molar-refractivity contribution < 1.29 is 32.2 Å². The van der Waals surface area contributed by atoms with Crippen molar-refractivity contribution >= 4 is 28.0 Å². The van der Waals surface area contributed by atoms with E-state index in [4.69, 9.17) is 4.74 Å². The SMILES string of the molecule is COOOSCS(=O)(=O)N1CCC(C(=O)OC(C)(C)c2ccccc2)CC1. The lowest BCUT2D eigenvalue weighted by molar-refractivity contribution is -0.447. The fourth-order valence-corrected chi connectivity index (χ4v) is 4.91. The van der Waals surface area contributed by atoms with E-state index in [-0.39, 0.29) is 30.1 Å². The minimum atomic E-state index is -3.51. The highest BCUT2D eigenvalue weighted by Gasteiger charge is 2.35. The van der Waals surface area contributed by atoms with E-state index >= 15 is 0 Å². The first-order valence-corrected chi connectivity index (χ1v) is 11.0. The van der Waals surface area contributed by atoms with Crippen LogP contribution in [0, 0.1) is 5.92 Å². The monoisotopic (exact) mass is 419 g/mol. The highest BCUT2D eigenvalue weighted by molar-refractivity contribution is 8.08. The van der Waals surface area contributed by atoms with Gasteiger partial charge in [-0.1, -0.05) is 35.4 Å². The third kappa shape index (κ3) is 6.44. The van der Waals surface area contributed by atoms with Gasteiger partial charge in [0.25, 0.3) is 0 Å². The number of sulfonamides is 1. The molecule has 0 saturated carbocycles. The van der Waals surface area contributed by atoms with Crippen LogP contribution in [0.15, 0.2) is 30.3 Å². The van der Waals surface area contributed by atoms with Crippen LogP contribution < -0.4 is 0 Å². The van der Waals surface area contributed by atoms with E-state index < -0.39 is 15.6 Å². The summed E-state index contributed by atoms with van der Waals surface area (Å²) in [6, 6.07) is 9.52. The summed E-state index contributed by atoms with van der Waals surface area (Å²) in [5, 5.41) is 3.87. The van der Waals surface area contributed by atoms with Gasteiger partial charge in [0.05, 0.1) is 25.1 Å². The first kappa shape index (κ1) is 22.1. The van der Waals surface area contributed by atoms with Gasteiger partial charge in [0.1, 0.15) is 10.7 Å². The molecule has 1 heterocycles. The molecule has 0 spiro atoms. The average molecular weight is 420 g/mol. The highest BCUT2D eigenvalue weighted by atomic mass is 32.3. The Morgan fingerprint density at radius 3 is 2.44 bits per heavy atom. The number of carbonyl (C=O) groups excluding carboxylic acids is 1. The van der Waals surface area contributed by atoms with Crippen LogP contribution in [0.4, 0.5) is 0 Å². The van der Waals surface area contributed by atoms with E-state index in [9.17, 15) is 13.2 Å². The van der Waals surface area contributed by atoms with Crippen LogP contribution in [-0.2, 0) is 39.4 Å². The summed E-state index contributed by atoms with van der Waals surface area (Å²) in [6.45, 7) is 4.22. The van der Waals surface area contributed by atoms with E-state index in [1.807, 2.05) is 44.2 Å². The van der Waals surface area contributed by atoms with Crippen LogP contribution in [0.25, 0.3) is 0 Å². The molecule has 0 aliphatic carbocycles. The van der Waals surface area contributed by atoms with Gasteiger partial charge in [-0.15, -0.1) is 4.33 Å². The van der Waals surface area contributed by atoms with Crippen LogP contribution in [0.2, 0.25) is 0 Å². The van der Waals surface area contributed by atoms with Gasteiger partial charge in [-0.3, -0.25) is 4.79 Å². The maximum atomic E-state index is 12.5. The largest absolute Gasteiger partial charge is 0.455 e. The maximum Gasteiger partial charge on any atom is 0.309 e. The van der Waals surface area contributed by atoms with Gasteiger partial charge in [-0.05, 0) is 32.3 Å². The average Bonchev–Trinajstić information content (AvgIpc) is 2.66. The van der Waals surface area contributed by atoms with Crippen molar-refractivity contribution in [1.29, 1.82) is 0 Å². The Labute approximate surface area is 164 Å². The van der Waals surface area contributed by atoms with Crippen molar-refractivity contribution in [3.8, 4) is 0 Å². The van der Waals surface area contributed by atoms with E-state index in [1.165, 1.54) is 11.4 Å². The molecular weight excluding hydrogens is 394 g/mol. The predicted molar refractivity (Wildman–Crippen MR) is 100 cm³/mol. The molecule has 2 rings (SSSR count). The number of piperidine rings is 1. The summed E-state index contributed by atoms with van der Waals surface area (Å²) in [5.41, 5.74) is 0.172. The van der Waals surface area contributed by atoms with E-state index in [1.54, 1.807) is 0 Å². The van der Waals surface area contributed by atoms with Gasteiger partial charge in [-0.2, -0.15) is 0 Å². The number of carbonyl (C=O) groups is 1. The predicted octanol–water partition coefficient (Wildman–Crippen LogP) is 2.62. The Balaban J connectivity index is 1.85. The third-order valence-corrected chi connectivity index (χ3v) is 7.23. The van der Waals surface area contributed by atoms with Crippen molar-refractivity contribution in [1.82, 2.24) is 4.31 Å². The molecule has 1 fully saturated rings. The Hall–Kier alpha value is -1.17. The second kappa shape index (κ2) is 9.85. The standard InChI is InChI=1S/C17H25NO7S2/c1-17(2,15-7-5-4-6-8-15)23-16(19)14-9-11-18(12-10-14)27(20,21)13-26-25-24-22-3/h4-8,14H,9-13H2,1-3H3. The minimum absolute atomic E-state index is 0.263. The Morgan fingerprint density at radius 1 is 1.22 bits per heavy atom. The fraction of sp³-hybridized carbons (Fsp3) is 0.588. The smallest absolute Gasteiger partial charge is 0.309 e. The topological polar surface area (TPSA) is 91.4 Å². The molecule has 0 atom stereocenters. The van der Waals surface area contributed by atoms with Crippen LogP contribution in [0.3, 0.4) is 0 Å². The summed E-state index contributed by atoms with van der Waals surface area (Å²) < 4.78 is 36.0. The molecule has 1 saturated heterocycles. The van der Waals surface area contributed by atoms with Crippen molar-refractivity contribution in [2.24, 2.45) is 5.92 Å².